The molecule has 0 rings (SSSR count). The third kappa shape index (κ3) is 4.52. The predicted molar refractivity (Wildman–Crippen MR) is 39.1 cm³/mol. The lowest BCUT2D eigenvalue weighted by molar-refractivity contribution is -0.132. The summed E-state index contributed by atoms with van der Waals surface area (Å²) in [5, 5.41) is 25.5. The summed E-state index contributed by atoms with van der Waals surface area (Å²) < 4.78 is 0. The van der Waals surface area contributed by atoms with Gasteiger partial charge in [-0.05, 0) is 13.3 Å². The van der Waals surface area contributed by atoms with Gasteiger partial charge in [0.25, 0.3) is 0 Å². The van der Waals surface area contributed by atoms with E-state index in [0.717, 1.165) is 0 Å². The van der Waals surface area contributed by atoms with Crippen molar-refractivity contribution in [2.75, 3.05) is 6.61 Å². The van der Waals surface area contributed by atoms with E-state index in [2.05, 4.69) is 0 Å². The number of hydrogen-bond acceptors (Lipinski definition) is 3. The van der Waals surface area contributed by atoms with Gasteiger partial charge in [-0.3, -0.25) is 0 Å². The quantitative estimate of drug-likeness (QED) is 0.496. The van der Waals surface area contributed by atoms with E-state index in [0.29, 0.717) is 0 Å². The molecular formula is C7H12O4. The van der Waals surface area contributed by atoms with Crippen LogP contribution in [0.1, 0.15) is 13.3 Å². The lowest BCUT2D eigenvalue weighted by atomic mass is 10.2. The van der Waals surface area contributed by atoms with Crippen molar-refractivity contribution in [3.05, 3.63) is 11.6 Å². The van der Waals surface area contributed by atoms with Gasteiger partial charge in [0.1, 0.15) is 0 Å². The van der Waals surface area contributed by atoms with Crippen molar-refractivity contribution in [3.63, 3.8) is 0 Å². The summed E-state index contributed by atoms with van der Waals surface area (Å²) >= 11 is 0. The Morgan fingerprint density at radius 3 is 2.55 bits per heavy atom. The lowest BCUT2D eigenvalue weighted by Crippen LogP contribution is -2.10. The molecule has 1 atom stereocenters. The van der Waals surface area contributed by atoms with Crippen LogP contribution < -0.4 is 0 Å². The Morgan fingerprint density at radius 1 is 1.64 bits per heavy atom. The van der Waals surface area contributed by atoms with Gasteiger partial charge in [-0.1, -0.05) is 6.08 Å². The molecule has 0 aromatic rings. The molecule has 0 amide bonds. The zero-order valence-electron chi connectivity index (χ0n) is 6.32. The van der Waals surface area contributed by atoms with Gasteiger partial charge in [0.15, 0.2) is 0 Å². The molecule has 11 heavy (non-hydrogen) atoms. The van der Waals surface area contributed by atoms with Crippen molar-refractivity contribution < 1.29 is 20.1 Å². The van der Waals surface area contributed by atoms with Gasteiger partial charge in [0.05, 0.1) is 12.7 Å². The number of aliphatic hydroxyl groups is 2. The van der Waals surface area contributed by atoms with Crippen LogP contribution >= 0.6 is 0 Å². The minimum Gasteiger partial charge on any atom is -0.478 e. The SMILES string of the molecule is C/C(=C\CC(O)CO)C(=O)O. The van der Waals surface area contributed by atoms with Gasteiger partial charge >= 0.3 is 5.97 Å². The van der Waals surface area contributed by atoms with Crippen LogP contribution in [0.2, 0.25) is 0 Å². The second-order valence-corrected chi connectivity index (χ2v) is 2.26. The Bertz CT molecular complexity index is 162. The number of carboxylic acids is 1. The van der Waals surface area contributed by atoms with Crippen LogP contribution in [-0.4, -0.2) is 34.0 Å². The molecule has 0 saturated heterocycles. The maximum atomic E-state index is 10.2. The maximum absolute atomic E-state index is 10.2. The third-order valence-corrected chi connectivity index (χ3v) is 1.24. The monoisotopic (exact) mass is 160 g/mol. The Labute approximate surface area is 64.8 Å². The Kier molecular flexibility index (Phi) is 4.49. The molecule has 4 heteroatoms. The highest BCUT2D eigenvalue weighted by Crippen LogP contribution is 1.98. The predicted octanol–water partition coefficient (Wildman–Crippen LogP) is -0.239. The molecule has 4 nitrogen and oxygen atoms in total. The number of rotatable bonds is 4. The summed E-state index contributed by atoms with van der Waals surface area (Å²) in [5.74, 6) is -1.00. The normalized spacial score (nSPS) is 14.6. The first kappa shape index (κ1) is 10.1. The van der Waals surface area contributed by atoms with Crippen molar-refractivity contribution in [1.29, 1.82) is 0 Å². The first-order chi connectivity index (χ1) is 5.07. The smallest absolute Gasteiger partial charge is 0.330 e. The molecule has 0 aromatic heterocycles. The van der Waals surface area contributed by atoms with Crippen molar-refractivity contribution in [3.8, 4) is 0 Å². The van der Waals surface area contributed by atoms with Gasteiger partial charge in [-0.15, -0.1) is 0 Å². The molecule has 0 aliphatic rings. The number of hydrogen-bond donors (Lipinski definition) is 3. The molecule has 0 saturated carbocycles. The molecular weight excluding hydrogens is 148 g/mol. The Hall–Kier alpha value is -0.870. The van der Waals surface area contributed by atoms with Gasteiger partial charge in [0, 0.05) is 5.57 Å². The van der Waals surface area contributed by atoms with E-state index in [1.165, 1.54) is 13.0 Å². The molecule has 0 radical (unpaired) electrons. The molecule has 0 heterocycles. The lowest BCUT2D eigenvalue weighted by Gasteiger charge is -2.01. The summed E-state index contributed by atoms with van der Waals surface area (Å²) in [7, 11) is 0. The molecule has 3 N–H and O–H groups in total. The highest BCUT2D eigenvalue weighted by atomic mass is 16.4. The maximum Gasteiger partial charge on any atom is 0.330 e. The fraction of sp³-hybridized carbons (Fsp3) is 0.571. The zero-order chi connectivity index (χ0) is 8.85. The van der Waals surface area contributed by atoms with Crippen LogP contribution in [0, 0.1) is 0 Å². The molecule has 0 fully saturated rings. The molecule has 1 unspecified atom stereocenters. The first-order valence-electron chi connectivity index (χ1n) is 3.27. The summed E-state index contributed by atoms with van der Waals surface area (Å²) in [5.41, 5.74) is 0.178. The molecule has 64 valence electrons. The average Bonchev–Trinajstić information content (AvgIpc) is 1.99. The van der Waals surface area contributed by atoms with Gasteiger partial charge < -0.3 is 15.3 Å². The van der Waals surface area contributed by atoms with E-state index in [4.69, 9.17) is 15.3 Å². The molecule has 0 aliphatic heterocycles. The van der Waals surface area contributed by atoms with Crippen LogP contribution in [0.4, 0.5) is 0 Å². The second kappa shape index (κ2) is 4.87. The Balaban J connectivity index is 3.82. The highest BCUT2D eigenvalue weighted by molar-refractivity contribution is 5.85. The van der Waals surface area contributed by atoms with Crippen LogP contribution in [0.15, 0.2) is 11.6 Å². The van der Waals surface area contributed by atoms with E-state index in [9.17, 15) is 4.79 Å². The Morgan fingerprint density at radius 2 is 2.18 bits per heavy atom. The zero-order valence-corrected chi connectivity index (χ0v) is 6.32. The van der Waals surface area contributed by atoms with Crippen molar-refractivity contribution in [2.45, 2.75) is 19.4 Å². The van der Waals surface area contributed by atoms with E-state index < -0.39 is 12.1 Å². The van der Waals surface area contributed by atoms with Crippen molar-refractivity contribution in [1.82, 2.24) is 0 Å². The summed E-state index contributed by atoms with van der Waals surface area (Å²) in [6.07, 6.45) is 0.696. The summed E-state index contributed by atoms with van der Waals surface area (Å²) in [6, 6.07) is 0. The van der Waals surface area contributed by atoms with E-state index in [1.54, 1.807) is 0 Å². The van der Waals surface area contributed by atoms with Gasteiger partial charge in [0.2, 0.25) is 0 Å². The van der Waals surface area contributed by atoms with Crippen molar-refractivity contribution in [2.24, 2.45) is 0 Å². The van der Waals surface area contributed by atoms with Crippen LogP contribution in [0.25, 0.3) is 0 Å². The molecule has 0 aliphatic carbocycles. The second-order valence-electron chi connectivity index (χ2n) is 2.26. The van der Waals surface area contributed by atoms with E-state index in [-0.39, 0.29) is 18.6 Å². The topological polar surface area (TPSA) is 77.8 Å². The number of carbonyl (C=O) groups is 1. The molecule has 0 bridgehead atoms. The fourth-order valence-electron chi connectivity index (χ4n) is 0.475. The van der Waals surface area contributed by atoms with Gasteiger partial charge in [-0.2, -0.15) is 0 Å². The summed E-state index contributed by atoms with van der Waals surface area (Å²) in [6.45, 7) is 1.09. The standard InChI is InChI=1S/C7H12O4/c1-5(7(10)11)2-3-6(9)4-8/h2,6,8-9H,3-4H2,1H3,(H,10,11)/b5-2+. The minimum atomic E-state index is -1.00. The van der Waals surface area contributed by atoms with E-state index in [1.807, 2.05) is 0 Å². The van der Waals surface area contributed by atoms with Crippen LogP contribution in [0.5, 0.6) is 0 Å². The van der Waals surface area contributed by atoms with E-state index >= 15 is 0 Å². The summed E-state index contributed by atoms with van der Waals surface area (Å²) in [4.78, 5) is 10.2. The van der Waals surface area contributed by atoms with Gasteiger partial charge in [-0.25, -0.2) is 4.79 Å². The number of aliphatic hydroxyl groups excluding tert-OH is 2. The fourth-order valence-corrected chi connectivity index (χ4v) is 0.475. The van der Waals surface area contributed by atoms with Crippen molar-refractivity contribution >= 4 is 5.97 Å². The molecule has 0 spiro atoms. The van der Waals surface area contributed by atoms with Crippen LogP contribution in [-0.2, 0) is 4.79 Å². The third-order valence-electron chi connectivity index (χ3n) is 1.24. The average molecular weight is 160 g/mol. The minimum absolute atomic E-state index is 0.175. The van der Waals surface area contributed by atoms with Crippen LogP contribution in [0.3, 0.4) is 0 Å². The highest BCUT2D eigenvalue weighted by Gasteiger charge is 2.02. The number of aliphatic carboxylic acids is 1. The molecule has 0 aromatic carbocycles. The largest absolute Gasteiger partial charge is 0.478 e. The first-order valence-corrected chi connectivity index (χ1v) is 3.27. The number of carboxylic acid groups (broad SMARTS) is 1.